The van der Waals surface area contributed by atoms with Crippen molar-refractivity contribution in [3.8, 4) is 5.75 Å². The smallest absolute Gasteiger partial charge is 0.408 e. The molecule has 2 amide bonds. The monoisotopic (exact) mass is 716 g/mol. The number of allylic oxidation sites excluding steroid dienone is 2. The minimum atomic E-state index is -3.47. The summed E-state index contributed by atoms with van der Waals surface area (Å²) in [6.07, 6.45) is 6.83. The van der Waals surface area contributed by atoms with E-state index >= 15 is 0 Å². The van der Waals surface area contributed by atoms with Crippen LogP contribution in [0.25, 0.3) is 5.57 Å². The van der Waals surface area contributed by atoms with Crippen LogP contribution in [0.15, 0.2) is 108 Å². The van der Waals surface area contributed by atoms with Gasteiger partial charge in [0.25, 0.3) is 5.91 Å². The number of ether oxygens (including phenoxy) is 1. The third-order valence-corrected chi connectivity index (χ3v) is 9.49. The van der Waals surface area contributed by atoms with Crippen molar-refractivity contribution in [2.45, 2.75) is 60.9 Å². The van der Waals surface area contributed by atoms with Crippen molar-refractivity contribution in [3.63, 3.8) is 0 Å². The average Bonchev–Trinajstić information content (AvgIpc) is 3.11. The maximum Gasteiger partial charge on any atom is 0.408 e. The van der Waals surface area contributed by atoms with Crippen molar-refractivity contribution >= 4 is 50.0 Å². The lowest BCUT2D eigenvalue weighted by Gasteiger charge is -2.20. The van der Waals surface area contributed by atoms with E-state index in [4.69, 9.17) is 9.84 Å². The number of alkyl halides is 2. The van der Waals surface area contributed by atoms with Crippen LogP contribution < -0.4 is 15.4 Å². The van der Waals surface area contributed by atoms with Gasteiger partial charge in [-0.15, -0.1) is 11.8 Å². The van der Waals surface area contributed by atoms with Gasteiger partial charge in [-0.05, 0) is 99.5 Å². The first kappa shape index (κ1) is 36.7. The van der Waals surface area contributed by atoms with Crippen molar-refractivity contribution in [2.24, 2.45) is 0 Å². The molecule has 0 aliphatic heterocycles. The molecule has 4 aromatic rings. The first-order chi connectivity index (χ1) is 24.0. The van der Waals surface area contributed by atoms with Crippen LogP contribution in [0.5, 0.6) is 5.75 Å². The molecule has 7 nitrogen and oxygen atoms in total. The number of thioether (sulfide) groups is 1. The highest BCUT2D eigenvalue weighted by Crippen LogP contribution is 2.38. The second-order valence-electron chi connectivity index (χ2n) is 12.0. The van der Waals surface area contributed by atoms with Gasteiger partial charge in [0.2, 0.25) is 5.91 Å². The zero-order valence-electron chi connectivity index (χ0n) is 27.4. The van der Waals surface area contributed by atoms with E-state index in [0.29, 0.717) is 28.3 Å². The summed E-state index contributed by atoms with van der Waals surface area (Å²) < 4.78 is 32.7. The number of carbonyl (C=O) groups excluding carboxylic acids is 2. The van der Waals surface area contributed by atoms with Crippen LogP contribution in [0.1, 0.15) is 70.6 Å². The van der Waals surface area contributed by atoms with Crippen LogP contribution in [0.2, 0.25) is 0 Å². The summed E-state index contributed by atoms with van der Waals surface area (Å²) in [7, 11) is 1.39. The molecule has 2 unspecified atom stereocenters. The van der Waals surface area contributed by atoms with E-state index in [-0.39, 0.29) is 30.5 Å². The average molecular weight is 717 g/mol. The predicted octanol–water partition coefficient (Wildman–Crippen LogP) is 8.91. The van der Waals surface area contributed by atoms with E-state index in [1.165, 1.54) is 39.1 Å². The Morgan fingerprint density at radius 1 is 0.920 bits per heavy atom. The van der Waals surface area contributed by atoms with Crippen LogP contribution in [0, 0.1) is 0 Å². The second kappa shape index (κ2) is 17.4. The maximum atomic E-state index is 14.1. The van der Waals surface area contributed by atoms with Gasteiger partial charge < -0.3 is 20.5 Å². The Bertz CT molecular complexity index is 1810. The van der Waals surface area contributed by atoms with Gasteiger partial charge in [0, 0.05) is 23.5 Å². The van der Waals surface area contributed by atoms with Crippen LogP contribution in [-0.4, -0.2) is 35.3 Å². The normalized spacial score (nSPS) is 13.5. The minimum absolute atomic E-state index is 0.000160. The Morgan fingerprint density at radius 3 is 2.32 bits per heavy atom. The van der Waals surface area contributed by atoms with Crippen LogP contribution in [0.4, 0.5) is 14.5 Å². The summed E-state index contributed by atoms with van der Waals surface area (Å²) in [5, 5.41) is 14.4. The molecule has 11 heteroatoms. The summed E-state index contributed by atoms with van der Waals surface area (Å²) in [6, 6.07) is 29.1. The maximum absolute atomic E-state index is 14.1. The molecule has 0 radical (unpaired) electrons. The predicted molar refractivity (Wildman–Crippen MR) is 197 cm³/mol. The molecule has 0 aromatic heterocycles. The molecule has 2 atom stereocenters. The molecule has 4 aromatic carbocycles. The number of aliphatic carboxylic acids is 1. The third-order valence-electron chi connectivity index (χ3n) is 8.27. The first-order valence-electron chi connectivity index (χ1n) is 16.4. The Balaban J connectivity index is 1.38. The number of hydrogen-bond donors (Lipinski definition) is 3. The van der Waals surface area contributed by atoms with Gasteiger partial charge in [-0.3, -0.25) is 14.4 Å². The van der Waals surface area contributed by atoms with E-state index in [9.17, 15) is 23.2 Å². The zero-order valence-corrected chi connectivity index (χ0v) is 29.3. The Morgan fingerprint density at radius 2 is 1.66 bits per heavy atom. The molecule has 0 bridgehead atoms. The van der Waals surface area contributed by atoms with Gasteiger partial charge in [-0.25, -0.2) is 0 Å². The number of carboxylic acid groups (broad SMARTS) is 1. The molecule has 3 N–H and O–H groups in total. The molecule has 5 rings (SSSR count). The molecule has 0 heterocycles. The van der Waals surface area contributed by atoms with Gasteiger partial charge in [-0.1, -0.05) is 72.8 Å². The number of nitrogens with one attached hydrogen (secondary N) is 2. The van der Waals surface area contributed by atoms with E-state index in [2.05, 4.69) is 16.7 Å². The summed E-state index contributed by atoms with van der Waals surface area (Å²) >= 11 is 1.33. The molecule has 0 saturated carbocycles. The number of benzene rings is 4. The van der Waals surface area contributed by atoms with E-state index in [1.807, 2.05) is 54.6 Å². The Hall–Kier alpha value is -4.53. The quantitative estimate of drug-likeness (QED) is 0.0839. The standard InChI is InChI=1S/C39H39F2N2O5PS/c40-39(41,49)48-34-20-19-32(24-35(34)50-25-27-7-3-1-4-8-27)43-38(47)33(30-17-15-29(16-18-30)28-9-5-2-6-10-28)23-26-11-13-31(14-12-26)37(46)42-22-21-36(44)45/h1,3-4,7-9,11-20,24,33H,2,5-6,10,21-23,25,49H2,(H,42,46)(H,43,47)(H,44,45). The topological polar surface area (TPSA) is 105 Å². The molecule has 0 saturated heterocycles. The second-order valence-corrected chi connectivity index (χ2v) is 13.7. The lowest BCUT2D eigenvalue weighted by molar-refractivity contribution is -0.136. The largest absolute Gasteiger partial charge is 0.481 e. The number of hydrogen-bond acceptors (Lipinski definition) is 5. The Labute approximate surface area is 297 Å². The van der Waals surface area contributed by atoms with Crippen molar-refractivity contribution in [1.82, 2.24) is 5.32 Å². The third kappa shape index (κ3) is 11.0. The fourth-order valence-corrected chi connectivity index (χ4v) is 6.80. The van der Waals surface area contributed by atoms with E-state index in [1.54, 1.807) is 36.4 Å². The van der Waals surface area contributed by atoms with Gasteiger partial charge in [0.1, 0.15) is 5.75 Å². The highest BCUT2D eigenvalue weighted by molar-refractivity contribution is 7.98. The zero-order chi connectivity index (χ0) is 35.5. The molecule has 0 fully saturated rings. The molecular weight excluding hydrogens is 677 g/mol. The van der Waals surface area contributed by atoms with E-state index in [0.717, 1.165) is 41.5 Å². The number of halogens is 2. The fraction of sp³-hybridized carbons (Fsp3) is 0.256. The number of carbonyl (C=O) groups is 3. The molecule has 50 heavy (non-hydrogen) atoms. The van der Waals surface area contributed by atoms with Crippen molar-refractivity contribution in [3.05, 3.63) is 131 Å². The minimum Gasteiger partial charge on any atom is -0.481 e. The molecule has 0 spiro atoms. The molecular formula is C39H39F2N2O5PS. The molecule has 1 aliphatic carbocycles. The summed E-state index contributed by atoms with van der Waals surface area (Å²) in [5.41, 5.74) is 5.88. The fourth-order valence-electron chi connectivity index (χ4n) is 5.70. The van der Waals surface area contributed by atoms with Crippen molar-refractivity contribution in [2.75, 3.05) is 11.9 Å². The number of rotatable bonds is 15. The van der Waals surface area contributed by atoms with Crippen molar-refractivity contribution < 1.29 is 33.0 Å². The summed E-state index contributed by atoms with van der Waals surface area (Å²) in [5.74, 6) is -5.24. The highest BCUT2D eigenvalue weighted by Gasteiger charge is 2.26. The summed E-state index contributed by atoms with van der Waals surface area (Å²) in [4.78, 5) is 37.8. The number of carboxylic acids is 1. The van der Waals surface area contributed by atoms with Gasteiger partial charge in [0.15, 0.2) is 0 Å². The number of anilines is 1. The van der Waals surface area contributed by atoms with Crippen LogP contribution >= 0.6 is 21.0 Å². The molecule has 260 valence electrons. The first-order valence-corrected chi connectivity index (χ1v) is 18.0. The van der Waals surface area contributed by atoms with Crippen molar-refractivity contribution in [1.29, 1.82) is 0 Å². The van der Waals surface area contributed by atoms with Gasteiger partial charge in [-0.2, -0.15) is 8.78 Å². The van der Waals surface area contributed by atoms with E-state index < -0.39 is 17.7 Å². The van der Waals surface area contributed by atoms with Gasteiger partial charge in [0.05, 0.1) is 17.2 Å². The number of amides is 2. The molecule has 1 aliphatic rings. The highest BCUT2D eigenvalue weighted by atomic mass is 32.2. The Kier molecular flexibility index (Phi) is 12.8. The SMILES string of the molecule is O=C(O)CCNC(=O)c1ccc(CC(C(=O)Nc2ccc(OC(F)(F)P)c(SCc3ccccc3)c2)c2ccc(C3=CCCCC3)cc2)cc1. The lowest BCUT2D eigenvalue weighted by Crippen LogP contribution is -2.26. The van der Waals surface area contributed by atoms with Crippen LogP contribution in [0.3, 0.4) is 0 Å². The lowest BCUT2D eigenvalue weighted by atomic mass is 9.88. The summed E-state index contributed by atoms with van der Waals surface area (Å²) in [6.45, 7) is 0.0183. The van der Waals surface area contributed by atoms with Crippen LogP contribution in [-0.2, 0) is 21.8 Å². The van der Waals surface area contributed by atoms with Gasteiger partial charge >= 0.3 is 11.8 Å².